The van der Waals surface area contributed by atoms with Gasteiger partial charge in [0.1, 0.15) is 0 Å². The first-order valence-corrected chi connectivity index (χ1v) is 20.9. The predicted octanol–water partition coefficient (Wildman–Crippen LogP) is 7.79. The zero-order chi connectivity index (χ0) is 17.1. The molecular formula is C22H36FeP2. The van der Waals surface area contributed by atoms with E-state index in [0.29, 0.717) is 15.8 Å². The van der Waals surface area contributed by atoms with Gasteiger partial charge in [-0.25, -0.2) is 0 Å². The Labute approximate surface area is 146 Å². The molecule has 0 N–H and O–H groups in total. The standard InChI is InChI=1S/2C11H18P.Fe/c1-9(2)12(10(3)4)11-7-5-6-8-11;1-3-9-12(10-4-2)11-7-5-6-8-11;/h5-10H,1-4H3;5-8H,3-4,9-10H2,1-2H3;. The molecule has 142 valence electrons. The van der Waals surface area contributed by atoms with Crippen LogP contribution in [0, 0.1) is 0 Å². The zero-order valence-corrected chi connectivity index (χ0v) is 19.7. The van der Waals surface area contributed by atoms with Crippen LogP contribution in [0.15, 0.2) is 0 Å². The van der Waals surface area contributed by atoms with Gasteiger partial charge in [0.25, 0.3) is 0 Å². The normalized spacial score (nSPS) is 88.9. The molecule has 10 aliphatic heterocycles. The summed E-state index contributed by atoms with van der Waals surface area (Å²) in [5.74, 6) is 0. The molecule has 0 bridgehead atoms. The summed E-state index contributed by atoms with van der Waals surface area (Å²) >= 11 is 0. The van der Waals surface area contributed by atoms with Crippen LogP contribution in [-0.4, -0.2) is 31.8 Å². The van der Waals surface area contributed by atoms with E-state index in [9.17, 15) is 0 Å². The Kier molecular flexibility index (Phi) is 0.846. The Hall–Kier alpha value is 1.38. The van der Waals surface area contributed by atoms with Gasteiger partial charge in [-0.15, -0.1) is 0 Å². The first-order valence-electron chi connectivity index (χ1n) is 11.5. The Morgan fingerprint density at radius 2 is 1.12 bits per heavy atom. The molecule has 10 saturated heterocycles. The molecule has 10 rings (SSSR count). The summed E-state index contributed by atoms with van der Waals surface area (Å²) in [4.78, 5) is 12.1. The SMILES string of the molecule is CCCP(CCC)[C]12[CH]3[CH]4[CH]5[CH]1[Fe]45321678[CH]2[CH]1[CH]6[C]7(P(C(C)C)C(C)C)[CH]28. The van der Waals surface area contributed by atoms with Crippen molar-refractivity contribution in [2.24, 2.45) is 0 Å². The molecule has 0 saturated carbocycles. The topological polar surface area (TPSA) is 0 Å². The fraction of sp³-hybridized carbons (Fsp3) is 1.00. The molecule has 10 aliphatic rings. The van der Waals surface area contributed by atoms with E-state index in [1.807, 2.05) is 0 Å². The molecule has 0 aromatic rings. The average Bonchev–Trinajstić information content (AvgIpc) is 3.48. The van der Waals surface area contributed by atoms with Gasteiger partial charge in [-0.1, -0.05) is 0 Å². The number of hydrogen-bond acceptors (Lipinski definition) is 0. The van der Waals surface area contributed by atoms with Gasteiger partial charge in [0.2, 0.25) is 0 Å². The fourth-order valence-electron chi connectivity index (χ4n) is 20.3. The van der Waals surface area contributed by atoms with Crippen LogP contribution < -0.4 is 0 Å². The molecule has 0 amide bonds. The predicted molar refractivity (Wildman–Crippen MR) is 110 cm³/mol. The van der Waals surface area contributed by atoms with Crippen LogP contribution in [0.4, 0.5) is 0 Å². The van der Waals surface area contributed by atoms with E-state index in [1.165, 1.54) is 59.5 Å². The van der Waals surface area contributed by atoms with Crippen molar-refractivity contribution in [3.63, 3.8) is 0 Å². The van der Waals surface area contributed by atoms with E-state index in [0.717, 1.165) is 11.3 Å². The van der Waals surface area contributed by atoms with E-state index in [1.54, 1.807) is 12.3 Å². The summed E-state index contributed by atoms with van der Waals surface area (Å²) in [5.41, 5.74) is 2.07. The minimum absolute atomic E-state index is 0.339. The van der Waals surface area contributed by atoms with Crippen molar-refractivity contribution in [1.29, 1.82) is 0 Å². The summed E-state index contributed by atoms with van der Waals surface area (Å²) in [5, 5.41) is 0. The van der Waals surface area contributed by atoms with E-state index < -0.39 is 6.51 Å². The maximum atomic E-state index is 2.66. The first-order chi connectivity index (χ1) is 11.7. The molecule has 8 atom stereocenters. The van der Waals surface area contributed by atoms with Crippen LogP contribution in [0.3, 0.4) is 0 Å². The second-order valence-corrected chi connectivity index (χ2v) is 44.6. The third-order valence-electron chi connectivity index (χ3n) is 17.6. The number of hydrogen-bond donors (Lipinski definition) is 0. The quantitative estimate of drug-likeness (QED) is 0.279. The molecule has 10 fully saturated rings. The first kappa shape index (κ1) is 13.6. The number of fused-ring (bicyclic) bond motifs is 10. The molecule has 0 aliphatic carbocycles. The van der Waals surface area contributed by atoms with Crippen molar-refractivity contribution in [1.82, 2.24) is 0 Å². The molecule has 3 heteroatoms. The van der Waals surface area contributed by atoms with Gasteiger partial charge in [-0.05, 0) is 0 Å². The molecule has 0 radical (unpaired) electrons. The monoisotopic (exact) mass is 418 g/mol. The van der Waals surface area contributed by atoms with Gasteiger partial charge in [0.15, 0.2) is 0 Å². The van der Waals surface area contributed by atoms with Crippen LogP contribution in [0.1, 0.15) is 54.4 Å². The van der Waals surface area contributed by atoms with E-state index in [2.05, 4.69) is 41.5 Å². The van der Waals surface area contributed by atoms with Crippen LogP contribution in [-0.2, 0) is 6.51 Å². The van der Waals surface area contributed by atoms with Gasteiger partial charge in [0, 0.05) is 0 Å². The summed E-state index contributed by atoms with van der Waals surface area (Å²) in [7, 11) is 0.776. The molecule has 0 aromatic carbocycles. The van der Waals surface area contributed by atoms with Gasteiger partial charge >= 0.3 is 147 Å². The molecule has 0 nitrogen and oxygen atoms in total. The Bertz CT molecular complexity index is 1150. The molecule has 25 heavy (non-hydrogen) atoms. The maximum absolute atomic E-state index is 3.16. The second-order valence-electron chi connectivity index (χ2n) is 14.3. The van der Waals surface area contributed by atoms with Gasteiger partial charge < -0.3 is 0 Å². The van der Waals surface area contributed by atoms with Crippen LogP contribution in [0.25, 0.3) is 0 Å². The van der Waals surface area contributed by atoms with Gasteiger partial charge in [-0.2, -0.15) is 0 Å². The van der Waals surface area contributed by atoms with Crippen LogP contribution in [0.2, 0.25) is 38.5 Å². The van der Waals surface area contributed by atoms with Crippen LogP contribution in [0.5, 0.6) is 0 Å². The fourth-order valence-corrected chi connectivity index (χ4v) is 130. The summed E-state index contributed by atoms with van der Waals surface area (Å²) in [6.07, 6.45) is 6.40. The molecule has 8 unspecified atom stereocenters. The summed E-state index contributed by atoms with van der Waals surface area (Å²) in [6, 6.07) is 0. The van der Waals surface area contributed by atoms with Crippen molar-refractivity contribution in [2.75, 3.05) is 12.3 Å². The third kappa shape index (κ3) is 0.216. The third-order valence-corrected chi connectivity index (χ3v) is 76.0. The van der Waals surface area contributed by atoms with Crippen molar-refractivity contribution in [3.8, 4) is 0 Å². The number of rotatable bonds is 8. The molecule has 1 spiro atoms. The van der Waals surface area contributed by atoms with Gasteiger partial charge in [0.05, 0.1) is 0 Å². The van der Waals surface area contributed by atoms with E-state index in [-0.39, 0.29) is 0 Å². The summed E-state index contributed by atoms with van der Waals surface area (Å²) < 4.78 is 2.38. The Balaban J connectivity index is 1.32. The van der Waals surface area contributed by atoms with Crippen molar-refractivity contribution < 1.29 is 6.51 Å². The van der Waals surface area contributed by atoms with E-state index >= 15 is 0 Å². The Morgan fingerprint density at radius 3 is 1.44 bits per heavy atom. The van der Waals surface area contributed by atoms with Crippen LogP contribution >= 0.6 is 15.8 Å². The molecule has 10 heterocycles. The van der Waals surface area contributed by atoms with Crippen molar-refractivity contribution >= 4 is 15.8 Å². The van der Waals surface area contributed by atoms with Crippen molar-refractivity contribution in [2.45, 2.75) is 112 Å². The summed E-state index contributed by atoms with van der Waals surface area (Å²) in [6.45, 7) is 12.5. The second kappa shape index (κ2) is 1.56. The Morgan fingerprint density at radius 1 is 0.720 bits per heavy atom. The van der Waals surface area contributed by atoms with Crippen molar-refractivity contribution in [3.05, 3.63) is 0 Å². The molecule has 0 aromatic heterocycles. The van der Waals surface area contributed by atoms with Gasteiger partial charge in [-0.3, -0.25) is 0 Å². The zero-order valence-electron chi connectivity index (χ0n) is 16.8. The molecular weight excluding hydrogens is 382 g/mol. The minimum atomic E-state index is -3.16. The average molecular weight is 418 g/mol. The van der Waals surface area contributed by atoms with E-state index in [4.69, 9.17) is 0 Å².